The van der Waals surface area contributed by atoms with E-state index in [0.717, 1.165) is 59.6 Å². The second kappa shape index (κ2) is 13.0. The molecule has 3 aliphatic rings. The fourth-order valence-electron chi connectivity index (χ4n) is 6.82. The molecule has 3 fully saturated rings. The molecule has 2 aromatic rings. The Morgan fingerprint density at radius 3 is 2.24 bits per heavy atom. The number of aryl methyl sites for hydroxylation is 1. The Bertz CT molecular complexity index is 1400. The summed E-state index contributed by atoms with van der Waals surface area (Å²) < 4.78 is 38.4. The van der Waals surface area contributed by atoms with Crippen molar-refractivity contribution in [1.29, 1.82) is 0 Å². The first kappa shape index (κ1) is 32.4. The molecular weight excluding hydrogens is 542 g/mol. The second-order valence-electron chi connectivity index (χ2n) is 13.2. The molecule has 6 nitrogen and oxygen atoms in total. The van der Waals surface area contributed by atoms with Gasteiger partial charge in [-0.15, -0.1) is 6.58 Å². The highest BCUT2D eigenvalue weighted by atomic mass is 32.2. The molecule has 1 aromatic carbocycles. The summed E-state index contributed by atoms with van der Waals surface area (Å²) in [7, 11) is -2.27. The maximum atomic E-state index is 14.8. The third-order valence-electron chi connectivity index (χ3n) is 9.40. The van der Waals surface area contributed by atoms with Gasteiger partial charge in [-0.25, -0.2) is 13.1 Å². The fraction of sp³-hybridized carbons (Fsp3) is 0.571. The molecule has 7 heteroatoms. The monoisotopic (exact) mass is 593 g/mol. The average molecular weight is 594 g/mol. The van der Waals surface area contributed by atoms with Gasteiger partial charge in [-0.3, -0.25) is 9.88 Å². The van der Waals surface area contributed by atoms with Crippen molar-refractivity contribution in [2.45, 2.75) is 103 Å². The van der Waals surface area contributed by atoms with Gasteiger partial charge in [-0.1, -0.05) is 59.8 Å². The van der Waals surface area contributed by atoms with Crippen molar-refractivity contribution in [2.75, 3.05) is 20.2 Å². The van der Waals surface area contributed by atoms with E-state index in [1.807, 2.05) is 26.0 Å². The molecule has 1 aromatic heterocycles. The molecule has 4 heterocycles. The van der Waals surface area contributed by atoms with Crippen LogP contribution in [0.25, 0.3) is 6.08 Å². The lowest BCUT2D eigenvalue weighted by Gasteiger charge is -2.51. The first-order valence-corrected chi connectivity index (χ1v) is 17.0. The molecule has 0 spiro atoms. The number of sulfonamides is 1. The van der Waals surface area contributed by atoms with Gasteiger partial charge in [0.05, 0.1) is 23.8 Å². The van der Waals surface area contributed by atoms with Crippen LogP contribution >= 0.6 is 0 Å². The lowest BCUT2D eigenvalue weighted by Crippen LogP contribution is -2.57. The number of pyridine rings is 1. The molecule has 0 radical (unpaired) electrons. The lowest BCUT2D eigenvalue weighted by molar-refractivity contribution is 0.00464. The third kappa shape index (κ3) is 6.53. The zero-order valence-corrected chi connectivity index (χ0v) is 27.9. The van der Waals surface area contributed by atoms with Gasteiger partial charge < -0.3 is 4.74 Å². The maximum absolute atomic E-state index is 14.8. The Morgan fingerprint density at radius 2 is 1.74 bits per heavy atom. The van der Waals surface area contributed by atoms with Gasteiger partial charge in [0, 0.05) is 30.0 Å². The molecule has 230 valence electrons. The predicted octanol–water partition coefficient (Wildman–Crippen LogP) is 7.68. The number of nitrogens with zero attached hydrogens (tertiary/aromatic N) is 2. The average Bonchev–Trinajstić information content (AvgIpc) is 2.96. The molecule has 5 rings (SSSR count). The van der Waals surface area contributed by atoms with Crippen molar-refractivity contribution in [3.05, 3.63) is 76.3 Å². The van der Waals surface area contributed by atoms with Crippen LogP contribution in [-0.2, 0) is 14.8 Å². The number of hydrogen-bond donors (Lipinski definition) is 1. The zero-order valence-electron chi connectivity index (χ0n) is 27.1. The quantitative estimate of drug-likeness (QED) is 0.214. The second-order valence-corrected chi connectivity index (χ2v) is 14.8. The zero-order chi connectivity index (χ0) is 30.9. The van der Waals surface area contributed by atoms with Gasteiger partial charge >= 0.3 is 0 Å². The Hall–Kier alpha value is -2.48. The van der Waals surface area contributed by atoms with Gasteiger partial charge in [0.25, 0.3) is 0 Å². The Labute approximate surface area is 254 Å². The number of hydrogen-bond acceptors (Lipinski definition) is 5. The van der Waals surface area contributed by atoms with Gasteiger partial charge in [-0.2, -0.15) is 0 Å². The summed E-state index contributed by atoms with van der Waals surface area (Å²) >= 11 is 0. The van der Waals surface area contributed by atoms with Crippen molar-refractivity contribution in [3.63, 3.8) is 0 Å². The Kier molecular flexibility index (Phi) is 10.1. The van der Waals surface area contributed by atoms with E-state index in [-0.39, 0.29) is 17.9 Å². The van der Waals surface area contributed by atoms with Crippen molar-refractivity contribution in [1.82, 2.24) is 14.6 Å². The highest BCUT2D eigenvalue weighted by Crippen LogP contribution is 2.43. The van der Waals surface area contributed by atoms with Crippen LogP contribution in [0.2, 0.25) is 0 Å². The minimum absolute atomic E-state index is 0.0199. The van der Waals surface area contributed by atoms with Gasteiger partial charge in [-0.05, 0) is 97.2 Å². The van der Waals surface area contributed by atoms with E-state index in [4.69, 9.17) is 4.74 Å². The highest BCUT2D eigenvalue weighted by molar-refractivity contribution is 7.89. The number of aromatic nitrogens is 1. The lowest BCUT2D eigenvalue weighted by atomic mass is 9.73. The number of benzene rings is 1. The third-order valence-corrected chi connectivity index (χ3v) is 11.0. The minimum Gasteiger partial charge on any atom is -0.501 e. The van der Waals surface area contributed by atoms with Crippen LogP contribution in [0.5, 0.6) is 0 Å². The molecule has 3 saturated heterocycles. The van der Waals surface area contributed by atoms with Crippen molar-refractivity contribution < 1.29 is 13.2 Å². The number of fused-ring (bicyclic) bond motifs is 3. The van der Waals surface area contributed by atoms with Crippen LogP contribution in [0.1, 0.15) is 119 Å². The van der Waals surface area contributed by atoms with E-state index >= 15 is 0 Å². The van der Waals surface area contributed by atoms with Crippen LogP contribution in [0, 0.1) is 18.8 Å². The van der Waals surface area contributed by atoms with Crippen molar-refractivity contribution >= 4 is 16.1 Å². The van der Waals surface area contributed by atoms with Crippen molar-refractivity contribution in [3.8, 4) is 0 Å². The summed E-state index contributed by atoms with van der Waals surface area (Å²) in [5.74, 6) is 2.10. The fourth-order valence-corrected chi connectivity index (χ4v) is 8.76. The molecule has 1 N–H and O–H groups in total. The van der Waals surface area contributed by atoms with Crippen LogP contribution < -0.4 is 4.72 Å². The molecule has 0 amide bonds. The summed E-state index contributed by atoms with van der Waals surface area (Å²) in [6, 6.07) is 5.77. The smallest absolute Gasteiger partial charge is 0.241 e. The standard InChI is InChI=1S/C35H51N3O3S/c1-11-26-20-38-15-13-27(26)19-33(38)34(29-12-14-36-25(9)32(29)16-24(8)41-10)37-42(39,40)35-30(22(4)5)17-28(21(2)3)18-31(35)23(6)7/h11-12,14,16-18,21-23,26-27,33-34,37H,1,13,15,19-20H2,2-10H3. The van der Waals surface area contributed by atoms with Gasteiger partial charge in [0.2, 0.25) is 10.0 Å². The van der Waals surface area contributed by atoms with Crippen molar-refractivity contribution in [2.24, 2.45) is 11.8 Å². The molecule has 0 saturated carbocycles. The van der Waals surface area contributed by atoms with E-state index < -0.39 is 16.1 Å². The molecule has 0 aliphatic carbocycles. The SMILES string of the molecule is C=CC1CN2CCC1CC2C(NS(=O)(=O)c1c(C(C)C)cc(C(C)C)cc1C(C)C)c1ccnc(C)c1C=C(C)OC. The number of methoxy groups -OCH3 is 1. The summed E-state index contributed by atoms with van der Waals surface area (Å²) in [5, 5.41) is 0. The van der Waals surface area contributed by atoms with Crippen LogP contribution in [0.4, 0.5) is 0 Å². The van der Waals surface area contributed by atoms with E-state index in [1.165, 1.54) is 5.56 Å². The Balaban J connectivity index is 1.92. The molecule has 5 unspecified atom stereocenters. The number of piperidine rings is 3. The predicted molar refractivity (Wildman–Crippen MR) is 173 cm³/mol. The number of nitrogens with one attached hydrogen (secondary N) is 1. The maximum Gasteiger partial charge on any atom is 0.241 e. The molecule has 42 heavy (non-hydrogen) atoms. The molecular formula is C35H51N3O3S. The number of allylic oxidation sites excluding steroid dienone is 1. The van der Waals surface area contributed by atoms with E-state index in [9.17, 15) is 8.42 Å². The molecule has 3 aliphatic heterocycles. The largest absolute Gasteiger partial charge is 0.501 e. The van der Waals surface area contributed by atoms with E-state index in [1.54, 1.807) is 13.3 Å². The van der Waals surface area contributed by atoms with Crippen LogP contribution in [-0.4, -0.2) is 44.5 Å². The van der Waals surface area contributed by atoms with E-state index in [0.29, 0.717) is 22.6 Å². The van der Waals surface area contributed by atoms with Crippen LogP contribution in [0.15, 0.2) is 47.7 Å². The summed E-state index contributed by atoms with van der Waals surface area (Å²) in [6.07, 6.45) is 7.89. The molecule has 2 bridgehead atoms. The Morgan fingerprint density at radius 1 is 1.10 bits per heavy atom. The van der Waals surface area contributed by atoms with E-state index in [2.05, 4.69) is 80.9 Å². The summed E-state index contributed by atoms with van der Waals surface area (Å²) in [4.78, 5) is 7.49. The topological polar surface area (TPSA) is 71.5 Å². The summed E-state index contributed by atoms with van der Waals surface area (Å²) in [5.41, 5.74) is 5.64. The molecule has 5 atom stereocenters. The minimum atomic E-state index is -3.92. The van der Waals surface area contributed by atoms with Gasteiger partial charge in [0.15, 0.2) is 0 Å². The van der Waals surface area contributed by atoms with Gasteiger partial charge in [0.1, 0.15) is 0 Å². The number of ether oxygens (including phenoxy) is 1. The normalized spacial score (nSPS) is 23.6. The summed E-state index contributed by atoms with van der Waals surface area (Å²) in [6.45, 7) is 22.5. The number of rotatable bonds is 11. The first-order chi connectivity index (χ1) is 19.8. The highest BCUT2D eigenvalue weighted by Gasteiger charge is 2.44. The van der Waals surface area contributed by atoms with Crippen LogP contribution in [0.3, 0.4) is 0 Å². The first-order valence-electron chi connectivity index (χ1n) is 15.5.